The number of primary amides is 1. The van der Waals surface area contributed by atoms with E-state index in [1.54, 1.807) is 18.5 Å². The maximum atomic E-state index is 12.3. The van der Waals surface area contributed by atoms with Crippen LogP contribution in [0.2, 0.25) is 0 Å². The van der Waals surface area contributed by atoms with Crippen molar-refractivity contribution in [3.8, 4) is 0 Å². The predicted molar refractivity (Wildman–Crippen MR) is 77.9 cm³/mol. The minimum Gasteiger partial charge on any atom is -0.369 e. The van der Waals surface area contributed by atoms with E-state index in [0.29, 0.717) is 0 Å². The lowest BCUT2D eigenvalue weighted by Crippen LogP contribution is -2.41. The monoisotopic (exact) mass is 329 g/mol. The normalized spacial score (nSPS) is 20.6. The second-order valence-electron chi connectivity index (χ2n) is 5.26. The van der Waals surface area contributed by atoms with Gasteiger partial charge in [0, 0.05) is 38.6 Å². The fourth-order valence-electron chi connectivity index (χ4n) is 2.32. The lowest BCUT2D eigenvalue weighted by Gasteiger charge is -2.22. The van der Waals surface area contributed by atoms with Crippen molar-refractivity contribution in [2.45, 2.75) is 6.54 Å². The highest BCUT2D eigenvalue weighted by Crippen LogP contribution is 2.13. The molecule has 2 amide bonds. The summed E-state index contributed by atoms with van der Waals surface area (Å²) < 4.78 is 26.0. The van der Waals surface area contributed by atoms with Crippen LogP contribution in [0, 0.1) is 5.92 Å². The van der Waals surface area contributed by atoms with E-state index in [1.807, 2.05) is 0 Å². The second kappa shape index (κ2) is 6.44. The van der Waals surface area contributed by atoms with Crippen LogP contribution >= 0.6 is 0 Å². The number of rotatable bonds is 4. The maximum Gasteiger partial charge on any atom is 0.244 e. The maximum absolute atomic E-state index is 12.3. The molecule has 0 aromatic carbocycles. The molecule has 1 aliphatic rings. The van der Waals surface area contributed by atoms with Crippen LogP contribution in [0.5, 0.6) is 0 Å². The Morgan fingerprint density at radius 3 is 2.59 bits per heavy atom. The smallest absolute Gasteiger partial charge is 0.244 e. The molecular formula is C12H19N5O4S. The third-order valence-corrected chi connectivity index (χ3v) is 4.83. The molecule has 1 fully saturated rings. The Morgan fingerprint density at radius 1 is 1.32 bits per heavy atom. The van der Waals surface area contributed by atoms with Gasteiger partial charge in [-0.1, -0.05) is 0 Å². The standard InChI is InChI=1S/C12H19N5O4S/c1-22(20,21)17-6-5-15(7-10(8-17)12(13)19)11(18)9-16-4-2-3-14-16/h2-4,10H,5-9H2,1H3,(H2,13,19)/t10-/m0/s1. The Bertz CT molecular complexity index is 642. The minimum atomic E-state index is -3.44. The molecule has 1 atom stereocenters. The fourth-order valence-corrected chi connectivity index (χ4v) is 3.19. The van der Waals surface area contributed by atoms with Crippen LogP contribution in [0.15, 0.2) is 18.5 Å². The van der Waals surface area contributed by atoms with E-state index in [-0.39, 0.29) is 38.6 Å². The Kier molecular flexibility index (Phi) is 4.81. The molecule has 2 rings (SSSR count). The van der Waals surface area contributed by atoms with Crippen LogP contribution < -0.4 is 5.73 Å². The largest absolute Gasteiger partial charge is 0.369 e. The summed E-state index contributed by atoms with van der Waals surface area (Å²) in [5.41, 5.74) is 5.32. The molecule has 2 N–H and O–H groups in total. The van der Waals surface area contributed by atoms with Gasteiger partial charge in [-0.2, -0.15) is 9.40 Å². The topological polar surface area (TPSA) is 119 Å². The molecule has 1 aliphatic heterocycles. The number of nitrogens with two attached hydrogens (primary N) is 1. The number of hydrogen-bond acceptors (Lipinski definition) is 5. The molecule has 1 aromatic rings. The molecule has 0 unspecified atom stereocenters. The molecule has 0 bridgehead atoms. The Labute approximate surface area is 128 Å². The molecule has 1 saturated heterocycles. The van der Waals surface area contributed by atoms with Crippen molar-refractivity contribution >= 4 is 21.8 Å². The number of amides is 2. The molecule has 0 spiro atoms. The molecule has 9 nitrogen and oxygen atoms in total. The van der Waals surface area contributed by atoms with Gasteiger partial charge in [0.2, 0.25) is 21.8 Å². The first kappa shape index (κ1) is 16.4. The van der Waals surface area contributed by atoms with Crippen LogP contribution in [0.4, 0.5) is 0 Å². The lowest BCUT2D eigenvalue weighted by molar-refractivity contribution is -0.133. The third-order valence-electron chi connectivity index (χ3n) is 3.56. The highest BCUT2D eigenvalue weighted by atomic mass is 32.2. The quantitative estimate of drug-likeness (QED) is 0.691. The Hall–Kier alpha value is -1.94. The third kappa shape index (κ3) is 4.04. The van der Waals surface area contributed by atoms with Crippen molar-refractivity contribution in [3.05, 3.63) is 18.5 Å². The van der Waals surface area contributed by atoms with Gasteiger partial charge < -0.3 is 10.6 Å². The van der Waals surface area contributed by atoms with E-state index in [9.17, 15) is 18.0 Å². The summed E-state index contributed by atoms with van der Waals surface area (Å²) in [5.74, 6) is -1.57. The van der Waals surface area contributed by atoms with Gasteiger partial charge in [0.15, 0.2) is 0 Å². The zero-order valence-corrected chi connectivity index (χ0v) is 13.1. The van der Waals surface area contributed by atoms with Gasteiger partial charge in [0.25, 0.3) is 0 Å². The highest BCUT2D eigenvalue weighted by Gasteiger charge is 2.32. The molecular weight excluding hydrogens is 310 g/mol. The van der Waals surface area contributed by atoms with Gasteiger partial charge in [-0.25, -0.2) is 8.42 Å². The van der Waals surface area contributed by atoms with Gasteiger partial charge in [0.05, 0.1) is 12.2 Å². The fraction of sp³-hybridized carbons (Fsp3) is 0.583. The molecule has 0 radical (unpaired) electrons. The summed E-state index contributed by atoms with van der Waals surface area (Å²) >= 11 is 0. The van der Waals surface area contributed by atoms with Crippen molar-refractivity contribution in [1.82, 2.24) is 19.0 Å². The summed E-state index contributed by atoms with van der Waals surface area (Å²) in [4.78, 5) is 25.3. The number of carbonyl (C=O) groups excluding carboxylic acids is 2. The Balaban J connectivity index is 2.12. The Morgan fingerprint density at radius 2 is 2.05 bits per heavy atom. The molecule has 10 heteroatoms. The minimum absolute atomic E-state index is 0.000281. The van der Waals surface area contributed by atoms with E-state index < -0.39 is 21.8 Å². The molecule has 0 saturated carbocycles. The SMILES string of the molecule is CS(=O)(=O)N1CCN(C(=O)Cn2cccn2)C[C@H](C(N)=O)C1. The van der Waals surface area contributed by atoms with Gasteiger partial charge in [-0.05, 0) is 6.07 Å². The van der Waals surface area contributed by atoms with Gasteiger partial charge in [0.1, 0.15) is 6.54 Å². The van der Waals surface area contributed by atoms with Crippen LogP contribution in [0.1, 0.15) is 0 Å². The summed E-state index contributed by atoms with van der Waals surface area (Å²) in [5, 5.41) is 3.95. The average molecular weight is 329 g/mol. The first-order chi connectivity index (χ1) is 10.3. The number of aromatic nitrogens is 2. The molecule has 22 heavy (non-hydrogen) atoms. The van der Waals surface area contributed by atoms with Crippen molar-refractivity contribution in [2.24, 2.45) is 11.7 Å². The van der Waals surface area contributed by atoms with E-state index in [0.717, 1.165) is 6.26 Å². The number of carbonyl (C=O) groups is 2. The van der Waals surface area contributed by atoms with Crippen molar-refractivity contribution < 1.29 is 18.0 Å². The predicted octanol–water partition coefficient (Wildman–Crippen LogP) is -1.91. The van der Waals surface area contributed by atoms with Crippen molar-refractivity contribution in [3.63, 3.8) is 0 Å². The van der Waals surface area contributed by atoms with Gasteiger partial charge >= 0.3 is 0 Å². The van der Waals surface area contributed by atoms with Crippen LogP contribution in [-0.2, 0) is 26.2 Å². The lowest BCUT2D eigenvalue weighted by atomic mass is 10.1. The zero-order chi connectivity index (χ0) is 16.3. The van der Waals surface area contributed by atoms with Crippen molar-refractivity contribution in [1.29, 1.82) is 0 Å². The molecule has 2 heterocycles. The van der Waals surface area contributed by atoms with Gasteiger partial charge in [-0.3, -0.25) is 14.3 Å². The molecule has 1 aromatic heterocycles. The van der Waals surface area contributed by atoms with E-state index >= 15 is 0 Å². The molecule has 0 aliphatic carbocycles. The van der Waals surface area contributed by atoms with Crippen LogP contribution in [0.3, 0.4) is 0 Å². The van der Waals surface area contributed by atoms with Crippen molar-refractivity contribution in [2.75, 3.05) is 32.4 Å². The van der Waals surface area contributed by atoms with E-state index in [1.165, 1.54) is 13.9 Å². The highest BCUT2D eigenvalue weighted by molar-refractivity contribution is 7.88. The summed E-state index contributed by atoms with van der Waals surface area (Å²) in [6.45, 7) is 0.517. The number of sulfonamides is 1. The number of nitrogens with zero attached hydrogens (tertiary/aromatic N) is 4. The second-order valence-corrected chi connectivity index (χ2v) is 7.25. The van der Waals surface area contributed by atoms with E-state index in [4.69, 9.17) is 5.73 Å². The summed E-state index contributed by atoms with van der Waals surface area (Å²) in [6, 6.07) is 1.70. The molecule has 122 valence electrons. The van der Waals surface area contributed by atoms with Crippen LogP contribution in [0.25, 0.3) is 0 Å². The summed E-state index contributed by atoms with van der Waals surface area (Å²) in [7, 11) is -3.44. The number of hydrogen-bond donors (Lipinski definition) is 1. The summed E-state index contributed by atoms with van der Waals surface area (Å²) in [6.07, 6.45) is 4.30. The average Bonchev–Trinajstić information content (AvgIpc) is 2.79. The zero-order valence-electron chi connectivity index (χ0n) is 12.3. The van der Waals surface area contributed by atoms with E-state index in [2.05, 4.69) is 5.10 Å². The van der Waals surface area contributed by atoms with Crippen LogP contribution in [-0.4, -0.2) is 71.7 Å². The first-order valence-corrected chi connectivity index (χ1v) is 8.62. The van der Waals surface area contributed by atoms with Gasteiger partial charge in [-0.15, -0.1) is 0 Å². The first-order valence-electron chi connectivity index (χ1n) is 6.77.